The van der Waals surface area contributed by atoms with Crippen molar-refractivity contribution in [2.24, 2.45) is 7.05 Å². The fourth-order valence-corrected chi connectivity index (χ4v) is 1.99. The molecule has 0 bridgehead atoms. The highest BCUT2D eigenvalue weighted by Gasteiger charge is 2.20. The summed E-state index contributed by atoms with van der Waals surface area (Å²) >= 11 is 0. The van der Waals surface area contributed by atoms with Crippen molar-refractivity contribution in [2.75, 3.05) is 20.1 Å². The molecule has 1 aliphatic heterocycles. The maximum atomic E-state index is 11.9. The van der Waals surface area contributed by atoms with Crippen LogP contribution in [-0.2, 0) is 7.05 Å². The number of piperidine rings is 1. The molecule has 0 spiro atoms. The van der Waals surface area contributed by atoms with Crippen molar-refractivity contribution in [2.45, 2.75) is 18.9 Å². The smallest absolute Gasteiger partial charge is 0.287 e. The molecule has 0 atom stereocenters. The van der Waals surface area contributed by atoms with Crippen molar-refractivity contribution >= 4 is 5.91 Å². The molecule has 2 rings (SSSR count). The molecule has 5 heteroatoms. The van der Waals surface area contributed by atoms with Gasteiger partial charge in [-0.1, -0.05) is 0 Å². The zero-order valence-corrected chi connectivity index (χ0v) is 9.81. The SMILES string of the molecule is CN1CCC(NC(=O)c2nccn2C)CC1. The molecule has 1 aromatic heterocycles. The second-order valence-corrected chi connectivity index (χ2v) is 4.41. The van der Waals surface area contributed by atoms with Crippen LogP contribution in [-0.4, -0.2) is 46.5 Å². The Bertz CT molecular complexity index is 366. The number of aromatic nitrogens is 2. The van der Waals surface area contributed by atoms with E-state index in [1.165, 1.54) is 0 Å². The van der Waals surface area contributed by atoms with Gasteiger partial charge in [0.25, 0.3) is 5.91 Å². The first-order valence-electron chi connectivity index (χ1n) is 5.63. The molecule has 2 heterocycles. The van der Waals surface area contributed by atoms with Crippen molar-refractivity contribution in [3.63, 3.8) is 0 Å². The predicted molar refractivity (Wildman–Crippen MR) is 61.2 cm³/mol. The lowest BCUT2D eigenvalue weighted by Gasteiger charge is -2.29. The number of hydrogen-bond donors (Lipinski definition) is 1. The van der Waals surface area contributed by atoms with Crippen molar-refractivity contribution in [1.82, 2.24) is 19.8 Å². The predicted octanol–water partition coefficient (Wildman–Crippen LogP) is 0.244. The summed E-state index contributed by atoms with van der Waals surface area (Å²) < 4.78 is 1.74. The second-order valence-electron chi connectivity index (χ2n) is 4.41. The van der Waals surface area contributed by atoms with Gasteiger partial charge in [0.2, 0.25) is 0 Å². The van der Waals surface area contributed by atoms with E-state index in [0.29, 0.717) is 11.9 Å². The van der Waals surface area contributed by atoms with Gasteiger partial charge in [0.15, 0.2) is 5.82 Å². The van der Waals surface area contributed by atoms with Gasteiger partial charge >= 0.3 is 0 Å². The van der Waals surface area contributed by atoms with Crippen molar-refractivity contribution in [3.8, 4) is 0 Å². The Kier molecular flexibility index (Phi) is 3.24. The fraction of sp³-hybridized carbons (Fsp3) is 0.636. The lowest BCUT2D eigenvalue weighted by molar-refractivity contribution is 0.0903. The Morgan fingerprint density at radius 1 is 1.44 bits per heavy atom. The summed E-state index contributed by atoms with van der Waals surface area (Å²) in [7, 11) is 3.94. The summed E-state index contributed by atoms with van der Waals surface area (Å²) in [6.45, 7) is 2.09. The molecule has 1 aliphatic rings. The molecule has 0 saturated carbocycles. The Morgan fingerprint density at radius 2 is 2.12 bits per heavy atom. The number of imidazole rings is 1. The first kappa shape index (κ1) is 11.1. The van der Waals surface area contributed by atoms with E-state index in [2.05, 4.69) is 22.2 Å². The molecule has 0 unspecified atom stereocenters. The van der Waals surface area contributed by atoms with Crippen LogP contribution < -0.4 is 5.32 Å². The molecule has 88 valence electrons. The summed E-state index contributed by atoms with van der Waals surface area (Å²) in [6, 6.07) is 0.292. The third kappa shape index (κ3) is 2.41. The topological polar surface area (TPSA) is 50.2 Å². The summed E-state index contributed by atoms with van der Waals surface area (Å²) in [4.78, 5) is 18.2. The molecule has 0 radical (unpaired) electrons. The van der Waals surface area contributed by atoms with Crippen LogP contribution in [0.1, 0.15) is 23.5 Å². The van der Waals surface area contributed by atoms with Crippen molar-refractivity contribution < 1.29 is 4.79 Å². The molecule has 1 aromatic rings. The van der Waals surface area contributed by atoms with E-state index in [9.17, 15) is 4.79 Å². The first-order valence-corrected chi connectivity index (χ1v) is 5.63. The zero-order valence-electron chi connectivity index (χ0n) is 9.81. The summed E-state index contributed by atoms with van der Waals surface area (Å²) in [5.41, 5.74) is 0. The molecular formula is C11H18N4O. The fourth-order valence-electron chi connectivity index (χ4n) is 1.99. The van der Waals surface area contributed by atoms with Gasteiger partial charge in [0.1, 0.15) is 0 Å². The number of hydrogen-bond acceptors (Lipinski definition) is 3. The van der Waals surface area contributed by atoms with E-state index in [1.807, 2.05) is 7.05 Å². The number of carbonyl (C=O) groups excluding carboxylic acids is 1. The average molecular weight is 222 g/mol. The van der Waals surface area contributed by atoms with Crippen LogP contribution in [0.25, 0.3) is 0 Å². The van der Waals surface area contributed by atoms with Crippen LogP contribution in [0.5, 0.6) is 0 Å². The summed E-state index contributed by atoms with van der Waals surface area (Å²) in [5.74, 6) is 0.418. The van der Waals surface area contributed by atoms with Gasteiger partial charge in [-0.2, -0.15) is 0 Å². The number of nitrogens with one attached hydrogen (secondary N) is 1. The highest BCUT2D eigenvalue weighted by atomic mass is 16.2. The van der Waals surface area contributed by atoms with Gasteiger partial charge in [0, 0.05) is 25.5 Å². The van der Waals surface area contributed by atoms with Gasteiger partial charge < -0.3 is 14.8 Å². The Hall–Kier alpha value is -1.36. The van der Waals surface area contributed by atoms with E-state index in [-0.39, 0.29) is 5.91 Å². The minimum Gasteiger partial charge on any atom is -0.347 e. The van der Waals surface area contributed by atoms with Gasteiger partial charge in [-0.3, -0.25) is 4.79 Å². The number of likely N-dealkylation sites (tertiary alicyclic amines) is 1. The highest BCUT2D eigenvalue weighted by molar-refractivity contribution is 5.90. The van der Waals surface area contributed by atoms with E-state index >= 15 is 0 Å². The van der Waals surface area contributed by atoms with Crippen molar-refractivity contribution in [1.29, 1.82) is 0 Å². The van der Waals surface area contributed by atoms with Crippen LogP contribution in [0.2, 0.25) is 0 Å². The zero-order chi connectivity index (χ0) is 11.5. The average Bonchev–Trinajstić information content (AvgIpc) is 2.68. The lowest BCUT2D eigenvalue weighted by Crippen LogP contribution is -2.43. The van der Waals surface area contributed by atoms with Crippen LogP contribution >= 0.6 is 0 Å². The van der Waals surface area contributed by atoms with E-state index in [0.717, 1.165) is 25.9 Å². The minimum atomic E-state index is -0.0675. The third-order valence-electron chi connectivity index (χ3n) is 3.08. The maximum Gasteiger partial charge on any atom is 0.287 e. The second kappa shape index (κ2) is 4.65. The Labute approximate surface area is 95.5 Å². The van der Waals surface area contributed by atoms with Gasteiger partial charge in [-0.05, 0) is 33.0 Å². The number of carbonyl (C=O) groups is 1. The largest absolute Gasteiger partial charge is 0.347 e. The molecule has 0 aliphatic carbocycles. The first-order chi connectivity index (χ1) is 7.66. The third-order valence-corrected chi connectivity index (χ3v) is 3.08. The number of nitrogens with zero attached hydrogens (tertiary/aromatic N) is 3. The van der Waals surface area contributed by atoms with Crippen LogP contribution in [0.3, 0.4) is 0 Å². The lowest BCUT2D eigenvalue weighted by atomic mass is 10.1. The summed E-state index contributed by atoms with van der Waals surface area (Å²) in [6.07, 6.45) is 5.46. The molecule has 1 amide bonds. The molecule has 5 nitrogen and oxygen atoms in total. The number of aryl methyl sites for hydroxylation is 1. The van der Waals surface area contributed by atoms with Crippen LogP contribution in [0.4, 0.5) is 0 Å². The highest BCUT2D eigenvalue weighted by Crippen LogP contribution is 2.08. The molecule has 1 N–H and O–H groups in total. The maximum absolute atomic E-state index is 11.9. The Morgan fingerprint density at radius 3 is 2.69 bits per heavy atom. The standard InChI is InChI=1S/C11H18N4O/c1-14-6-3-9(4-7-14)13-11(16)10-12-5-8-15(10)2/h5,8-9H,3-4,6-7H2,1-2H3,(H,13,16). The Balaban J connectivity index is 1.91. The van der Waals surface area contributed by atoms with Gasteiger partial charge in [0.05, 0.1) is 0 Å². The molecular weight excluding hydrogens is 204 g/mol. The van der Waals surface area contributed by atoms with Crippen LogP contribution in [0, 0.1) is 0 Å². The molecule has 1 saturated heterocycles. The number of amides is 1. The van der Waals surface area contributed by atoms with Crippen LogP contribution in [0.15, 0.2) is 12.4 Å². The summed E-state index contributed by atoms with van der Waals surface area (Å²) in [5, 5.41) is 3.03. The van der Waals surface area contributed by atoms with E-state index in [1.54, 1.807) is 17.0 Å². The molecule has 1 fully saturated rings. The normalized spacial score (nSPS) is 18.6. The van der Waals surface area contributed by atoms with Crippen molar-refractivity contribution in [3.05, 3.63) is 18.2 Å². The quantitative estimate of drug-likeness (QED) is 0.780. The monoisotopic (exact) mass is 222 g/mol. The van der Waals surface area contributed by atoms with E-state index < -0.39 is 0 Å². The van der Waals surface area contributed by atoms with E-state index in [4.69, 9.17) is 0 Å². The number of rotatable bonds is 2. The minimum absolute atomic E-state index is 0.0675. The molecule has 16 heavy (non-hydrogen) atoms. The van der Waals surface area contributed by atoms with Gasteiger partial charge in [-0.25, -0.2) is 4.98 Å². The molecule has 0 aromatic carbocycles. The van der Waals surface area contributed by atoms with Gasteiger partial charge in [-0.15, -0.1) is 0 Å².